The van der Waals surface area contributed by atoms with E-state index in [1.54, 1.807) is 0 Å². The fourth-order valence-electron chi connectivity index (χ4n) is 0.670. The summed E-state index contributed by atoms with van der Waals surface area (Å²) in [4.78, 5) is 10.4. The minimum Gasteiger partial charge on any atom is -0.478 e. The van der Waals surface area contributed by atoms with Crippen LogP contribution in [0.4, 0.5) is 0 Å². The Balaban J connectivity index is 3.13. The molecule has 72 valence electrons. The third kappa shape index (κ3) is 2.06. The lowest BCUT2D eigenvalue weighted by molar-refractivity contribution is 0.0697. The molecular formula is C6H7NO4S2. The van der Waals surface area contributed by atoms with E-state index in [1.807, 2.05) is 0 Å². The SMILES string of the molecule is CNS(=O)(=O)c1cc(C(=O)O)cs1. The first-order valence-corrected chi connectivity index (χ1v) is 5.59. The molecule has 0 bridgehead atoms. The Bertz CT molecular complexity index is 420. The van der Waals surface area contributed by atoms with Crippen LogP contribution in [0.1, 0.15) is 10.4 Å². The minimum atomic E-state index is -3.51. The molecule has 0 spiro atoms. The smallest absolute Gasteiger partial charge is 0.336 e. The Morgan fingerprint density at radius 3 is 2.62 bits per heavy atom. The Hall–Kier alpha value is -0.920. The van der Waals surface area contributed by atoms with Crippen molar-refractivity contribution in [2.45, 2.75) is 4.21 Å². The van der Waals surface area contributed by atoms with Crippen molar-refractivity contribution in [2.24, 2.45) is 0 Å². The molecule has 0 saturated carbocycles. The van der Waals surface area contributed by atoms with Crippen LogP contribution in [0.15, 0.2) is 15.7 Å². The first kappa shape index (κ1) is 10.2. The van der Waals surface area contributed by atoms with E-state index in [9.17, 15) is 13.2 Å². The molecule has 5 nitrogen and oxygen atoms in total. The number of carboxylic acids is 1. The Morgan fingerprint density at radius 1 is 1.62 bits per heavy atom. The zero-order chi connectivity index (χ0) is 10.1. The third-order valence-electron chi connectivity index (χ3n) is 1.36. The van der Waals surface area contributed by atoms with E-state index >= 15 is 0 Å². The van der Waals surface area contributed by atoms with Gasteiger partial charge in [0.2, 0.25) is 10.0 Å². The lowest BCUT2D eigenvalue weighted by Gasteiger charge is -1.95. The van der Waals surface area contributed by atoms with Gasteiger partial charge in [-0.2, -0.15) is 0 Å². The summed E-state index contributed by atoms with van der Waals surface area (Å²) >= 11 is 0.878. The predicted molar refractivity (Wildman–Crippen MR) is 47.5 cm³/mol. The highest BCUT2D eigenvalue weighted by molar-refractivity contribution is 7.91. The Labute approximate surface area is 79.1 Å². The predicted octanol–water partition coefficient (Wildman–Crippen LogP) is 0.354. The normalized spacial score (nSPS) is 11.5. The van der Waals surface area contributed by atoms with Gasteiger partial charge in [-0.15, -0.1) is 11.3 Å². The summed E-state index contributed by atoms with van der Waals surface area (Å²) in [5, 5.41) is 9.81. The summed E-state index contributed by atoms with van der Waals surface area (Å²) in [5.74, 6) is -1.13. The van der Waals surface area contributed by atoms with E-state index < -0.39 is 16.0 Å². The first-order chi connectivity index (χ1) is 5.97. The summed E-state index contributed by atoms with van der Waals surface area (Å²) in [6.45, 7) is 0. The van der Waals surface area contributed by atoms with E-state index in [0.29, 0.717) is 0 Å². The molecule has 1 aromatic rings. The molecule has 0 aliphatic heterocycles. The third-order valence-corrected chi connectivity index (χ3v) is 4.21. The molecule has 1 heterocycles. The fraction of sp³-hybridized carbons (Fsp3) is 0.167. The van der Waals surface area contributed by atoms with Crippen LogP contribution in [0.5, 0.6) is 0 Å². The van der Waals surface area contributed by atoms with Gasteiger partial charge in [-0.1, -0.05) is 0 Å². The van der Waals surface area contributed by atoms with E-state index in [1.165, 1.54) is 12.4 Å². The van der Waals surface area contributed by atoms with Gasteiger partial charge in [0.25, 0.3) is 0 Å². The number of hydrogen-bond acceptors (Lipinski definition) is 4. The number of thiophene rings is 1. The van der Waals surface area contributed by atoms with Crippen molar-refractivity contribution in [3.63, 3.8) is 0 Å². The second-order valence-electron chi connectivity index (χ2n) is 2.17. The molecule has 0 atom stereocenters. The maximum absolute atomic E-state index is 11.1. The monoisotopic (exact) mass is 221 g/mol. The zero-order valence-corrected chi connectivity index (χ0v) is 8.28. The molecule has 0 unspecified atom stereocenters. The highest BCUT2D eigenvalue weighted by Crippen LogP contribution is 2.19. The molecule has 0 aliphatic rings. The van der Waals surface area contributed by atoms with Crippen LogP contribution in [0.3, 0.4) is 0 Å². The van der Waals surface area contributed by atoms with E-state index in [4.69, 9.17) is 5.11 Å². The maximum Gasteiger partial charge on any atom is 0.336 e. The standard InChI is InChI=1S/C6H7NO4S2/c1-7-13(10,11)5-2-4(3-12-5)6(8)9/h2-3,7H,1H3,(H,8,9). The van der Waals surface area contributed by atoms with Crippen LogP contribution in [-0.4, -0.2) is 26.5 Å². The van der Waals surface area contributed by atoms with Gasteiger partial charge >= 0.3 is 5.97 Å². The minimum absolute atomic E-state index is 0.00685. The summed E-state index contributed by atoms with van der Waals surface area (Å²) in [5.41, 5.74) is -0.0150. The van der Waals surface area contributed by atoms with Gasteiger partial charge in [0.15, 0.2) is 0 Å². The van der Waals surface area contributed by atoms with Crippen molar-refractivity contribution in [1.82, 2.24) is 4.72 Å². The Morgan fingerprint density at radius 2 is 2.23 bits per heavy atom. The molecule has 0 amide bonds. The van der Waals surface area contributed by atoms with Crippen molar-refractivity contribution in [1.29, 1.82) is 0 Å². The van der Waals surface area contributed by atoms with Crippen LogP contribution in [0, 0.1) is 0 Å². The van der Waals surface area contributed by atoms with E-state index in [2.05, 4.69) is 4.72 Å². The van der Waals surface area contributed by atoms with Crippen LogP contribution in [-0.2, 0) is 10.0 Å². The molecule has 0 aliphatic carbocycles. The second kappa shape index (κ2) is 3.44. The molecule has 1 rings (SSSR count). The van der Waals surface area contributed by atoms with Crippen molar-refractivity contribution in [2.75, 3.05) is 7.05 Å². The van der Waals surface area contributed by atoms with Gasteiger partial charge in [-0.05, 0) is 13.1 Å². The lowest BCUT2D eigenvalue weighted by Crippen LogP contribution is -2.17. The number of carbonyl (C=O) groups is 1. The molecule has 0 radical (unpaired) electrons. The summed E-state index contributed by atoms with van der Waals surface area (Å²) in [6, 6.07) is 1.12. The molecule has 0 fully saturated rings. The van der Waals surface area contributed by atoms with Crippen molar-refractivity contribution in [3.05, 3.63) is 17.0 Å². The van der Waals surface area contributed by atoms with Gasteiger partial charge in [0, 0.05) is 5.38 Å². The number of carboxylic acid groups (broad SMARTS) is 1. The largest absolute Gasteiger partial charge is 0.478 e. The van der Waals surface area contributed by atoms with Gasteiger partial charge in [-0.3, -0.25) is 0 Å². The van der Waals surface area contributed by atoms with Crippen molar-refractivity contribution in [3.8, 4) is 0 Å². The lowest BCUT2D eigenvalue weighted by atomic mass is 10.4. The van der Waals surface area contributed by atoms with Crippen LogP contribution >= 0.6 is 11.3 Å². The van der Waals surface area contributed by atoms with Crippen molar-refractivity contribution >= 4 is 27.3 Å². The maximum atomic E-state index is 11.1. The first-order valence-electron chi connectivity index (χ1n) is 3.23. The molecule has 1 aromatic heterocycles. The number of aromatic carboxylic acids is 1. The molecule has 7 heteroatoms. The molecule has 0 aromatic carbocycles. The number of rotatable bonds is 3. The fourth-order valence-corrected chi connectivity index (χ4v) is 2.66. The summed E-state index contributed by atoms with van der Waals surface area (Å²) in [6.07, 6.45) is 0. The second-order valence-corrected chi connectivity index (χ2v) is 5.19. The number of sulfonamides is 1. The van der Waals surface area contributed by atoms with Crippen LogP contribution in [0.2, 0.25) is 0 Å². The van der Waals surface area contributed by atoms with Gasteiger partial charge in [-0.25, -0.2) is 17.9 Å². The highest BCUT2D eigenvalue weighted by atomic mass is 32.2. The number of nitrogens with one attached hydrogen (secondary N) is 1. The van der Waals surface area contributed by atoms with Crippen molar-refractivity contribution < 1.29 is 18.3 Å². The summed E-state index contributed by atoms with van der Waals surface area (Å²) in [7, 11) is -2.23. The molecule has 0 saturated heterocycles. The molecule has 13 heavy (non-hydrogen) atoms. The summed E-state index contributed by atoms with van der Waals surface area (Å²) < 4.78 is 24.4. The van der Waals surface area contributed by atoms with E-state index in [-0.39, 0.29) is 9.77 Å². The zero-order valence-electron chi connectivity index (χ0n) is 6.64. The van der Waals surface area contributed by atoms with Gasteiger partial charge in [0.1, 0.15) is 4.21 Å². The molecule has 2 N–H and O–H groups in total. The molecular weight excluding hydrogens is 214 g/mol. The van der Waals surface area contributed by atoms with Gasteiger partial charge in [0.05, 0.1) is 5.56 Å². The van der Waals surface area contributed by atoms with Crippen LogP contribution < -0.4 is 4.72 Å². The quantitative estimate of drug-likeness (QED) is 0.771. The average Bonchev–Trinajstić information content (AvgIpc) is 2.52. The van der Waals surface area contributed by atoms with Gasteiger partial charge < -0.3 is 5.11 Å². The van der Waals surface area contributed by atoms with Crippen LogP contribution in [0.25, 0.3) is 0 Å². The van der Waals surface area contributed by atoms with E-state index in [0.717, 1.165) is 17.4 Å². The highest BCUT2D eigenvalue weighted by Gasteiger charge is 2.16. The average molecular weight is 221 g/mol. The topological polar surface area (TPSA) is 83.5 Å². The Kier molecular flexibility index (Phi) is 2.69. The number of hydrogen-bond donors (Lipinski definition) is 2.